The first-order chi connectivity index (χ1) is 11.5. The van der Waals surface area contributed by atoms with Gasteiger partial charge in [-0.25, -0.2) is 0 Å². The second kappa shape index (κ2) is 8.01. The molecule has 0 spiro atoms. The number of hydrogen-bond donors (Lipinski definition) is 1. The highest BCUT2D eigenvalue weighted by molar-refractivity contribution is 5.96. The van der Waals surface area contributed by atoms with Crippen molar-refractivity contribution in [2.75, 3.05) is 26.5 Å². The van der Waals surface area contributed by atoms with Crippen molar-refractivity contribution >= 4 is 17.6 Å². The standard InChI is InChI=1S/C18H20N2O4/c1-23-16-10-14(8-9-15(16)19)18(22)20(12-17(21)24-2)11-13-6-4-3-5-7-13/h3-10H,11-12,19H2,1-2H3. The first kappa shape index (κ1) is 17.3. The molecule has 2 rings (SSSR count). The molecule has 1 amide bonds. The van der Waals surface area contributed by atoms with Crippen LogP contribution in [0.1, 0.15) is 15.9 Å². The van der Waals surface area contributed by atoms with E-state index in [2.05, 4.69) is 0 Å². The lowest BCUT2D eigenvalue weighted by atomic mass is 10.1. The van der Waals surface area contributed by atoms with E-state index >= 15 is 0 Å². The van der Waals surface area contributed by atoms with Gasteiger partial charge in [0.25, 0.3) is 5.91 Å². The summed E-state index contributed by atoms with van der Waals surface area (Å²) in [5.41, 5.74) is 7.52. The van der Waals surface area contributed by atoms with Gasteiger partial charge in [-0.1, -0.05) is 30.3 Å². The smallest absolute Gasteiger partial charge is 0.325 e. The van der Waals surface area contributed by atoms with Crippen molar-refractivity contribution in [1.82, 2.24) is 4.90 Å². The summed E-state index contributed by atoms with van der Waals surface area (Å²) in [4.78, 5) is 25.9. The third-order valence-corrected chi connectivity index (χ3v) is 3.53. The Bertz CT molecular complexity index is 716. The summed E-state index contributed by atoms with van der Waals surface area (Å²) >= 11 is 0. The van der Waals surface area contributed by atoms with Crippen LogP contribution in [0.3, 0.4) is 0 Å². The van der Waals surface area contributed by atoms with Crippen molar-refractivity contribution in [1.29, 1.82) is 0 Å². The van der Waals surface area contributed by atoms with Crippen LogP contribution in [0, 0.1) is 0 Å². The van der Waals surface area contributed by atoms with Gasteiger partial charge in [-0.2, -0.15) is 0 Å². The molecule has 0 aliphatic carbocycles. The number of esters is 1. The summed E-state index contributed by atoms with van der Waals surface area (Å²) in [6.07, 6.45) is 0. The van der Waals surface area contributed by atoms with Gasteiger partial charge in [0.1, 0.15) is 12.3 Å². The largest absolute Gasteiger partial charge is 0.495 e. The Morgan fingerprint density at radius 2 is 1.79 bits per heavy atom. The minimum absolute atomic E-state index is 0.142. The van der Waals surface area contributed by atoms with Gasteiger partial charge in [0.05, 0.1) is 19.9 Å². The normalized spacial score (nSPS) is 10.1. The maximum atomic E-state index is 12.8. The van der Waals surface area contributed by atoms with Gasteiger partial charge in [-0.3, -0.25) is 9.59 Å². The highest BCUT2D eigenvalue weighted by Gasteiger charge is 2.20. The molecule has 0 saturated heterocycles. The number of nitrogens with two attached hydrogens (primary N) is 1. The van der Waals surface area contributed by atoms with Crippen LogP contribution in [-0.2, 0) is 16.1 Å². The zero-order valence-electron chi connectivity index (χ0n) is 13.7. The van der Waals surface area contributed by atoms with Crippen LogP contribution in [-0.4, -0.2) is 37.5 Å². The van der Waals surface area contributed by atoms with Crippen molar-refractivity contribution < 1.29 is 19.1 Å². The molecule has 0 saturated carbocycles. The number of benzene rings is 2. The number of methoxy groups -OCH3 is 2. The molecule has 0 aromatic heterocycles. The molecular formula is C18H20N2O4. The van der Waals surface area contributed by atoms with Gasteiger partial charge in [-0.15, -0.1) is 0 Å². The Morgan fingerprint density at radius 1 is 1.08 bits per heavy atom. The van der Waals surface area contributed by atoms with Crippen LogP contribution >= 0.6 is 0 Å². The van der Waals surface area contributed by atoms with Crippen LogP contribution in [0.5, 0.6) is 5.75 Å². The lowest BCUT2D eigenvalue weighted by molar-refractivity contribution is -0.141. The number of nitrogens with zero attached hydrogens (tertiary/aromatic N) is 1. The van der Waals surface area contributed by atoms with E-state index in [0.29, 0.717) is 23.5 Å². The van der Waals surface area contributed by atoms with E-state index < -0.39 is 5.97 Å². The fraction of sp³-hybridized carbons (Fsp3) is 0.222. The minimum atomic E-state index is -0.485. The van der Waals surface area contributed by atoms with Gasteiger partial charge in [0, 0.05) is 12.1 Å². The van der Waals surface area contributed by atoms with Crippen LogP contribution in [0.25, 0.3) is 0 Å². The summed E-state index contributed by atoms with van der Waals surface area (Å²) in [7, 11) is 2.77. The molecule has 6 heteroatoms. The van der Waals surface area contributed by atoms with E-state index in [9.17, 15) is 9.59 Å². The number of carbonyl (C=O) groups excluding carboxylic acids is 2. The molecule has 0 heterocycles. The Hall–Kier alpha value is -3.02. The first-order valence-electron chi connectivity index (χ1n) is 7.38. The van der Waals surface area contributed by atoms with E-state index in [-0.39, 0.29) is 12.5 Å². The van der Waals surface area contributed by atoms with Crippen LogP contribution in [0.2, 0.25) is 0 Å². The zero-order chi connectivity index (χ0) is 17.5. The molecule has 0 aliphatic rings. The van der Waals surface area contributed by atoms with Crippen LogP contribution in [0.4, 0.5) is 5.69 Å². The van der Waals surface area contributed by atoms with Gasteiger partial charge >= 0.3 is 5.97 Å². The Morgan fingerprint density at radius 3 is 2.42 bits per heavy atom. The molecule has 0 unspecified atom stereocenters. The van der Waals surface area contributed by atoms with Crippen molar-refractivity contribution in [3.63, 3.8) is 0 Å². The molecule has 0 bridgehead atoms. The van der Waals surface area contributed by atoms with Gasteiger partial charge < -0.3 is 20.1 Å². The average Bonchev–Trinajstić information content (AvgIpc) is 2.61. The van der Waals surface area contributed by atoms with Crippen molar-refractivity contribution in [2.45, 2.75) is 6.54 Å². The van der Waals surface area contributed by atoms with Gasteiger partial charge in [0.15, 0.2) is 0 Å². The lowest BCUT2D eigenvalue weighted by Gasteiger charge is -2.22. The van der Waals surface area contributed by atoms with Crippen LogP contribution in [0.15, 0.2) is 48.5 Å². The van der Waals surface area contributed by atoms with E-state index in [4.69, 9.17) is 15.2 Å². The summed E-state index contributed by atoms with van der Waals surface area (Å²) < 4.78 is 9.84. The third-order valence-electron chi connectivity index (χ3n) is 3.53. The molecule has 6 nitrogen and oxygen atoms in total. The van der Waals surface area contributed by atoms with Crippen molar-refractivity contribution in [3.8, 4) is 5.75 Å². The summed E-state index contributed by atoms with van der Waals surface area (Å²) in [6, 6.07) is 14.2. The Labute approximate surface area is 140 Å². The first-order valence-corrected chi connectivity index (χ1v) is 7.38. The average molecular weight is 328 g/mol. The summed E-state index contributed by atoms with van der Waals surface area (Å²) in [5, 5.41) is 0. The fourth-order valence-corrected chi connectivity index (χ4v) is 2.25. The van der Waals surface area contributed by atoms with Gasteiger partial charge in [-0.05, 0) is 23.8 Å². The number of ether oxygens (including phenoxy) is 2. The number of carbonyl (C=O) groups is 2. The molecular weight excluding hydrogens is 308 g/mol. The van der Waals surface area contributed by atoms with E-state index in [1.54, 1.807) is 18.2 Å². The van der Waals surface area contributed by atoms with Crippen LogP contribution < -0.4 is 10.5 Å². The number of hydrogen-bond acceptors (Lipinski definition) is 5. The number of rotatable bonds is 6. The maximum absolute atomic E-state index is 12.8. The van der Waals surface area contributed by atoms with Crippen molar-refractivity contribution in [3.05, 3.63) is 59.7 Å². The topological polar surface area (TPSA) is 81.9 Å². The third kappa shape index (κ3) is 4.25. The predicted molar refractivity (Wildman–Crippen MR) is 90.6 cm³/mol. The van der Waals surface area contributed by atoms with Crippen molar-refractivity contribution in [2.24, 2.45) is 0 Å². The number of anilines is 1. The predicted octanol–water partition coefficient (Wildman–Crippen LogP) is 2.09. The SMILES string of the molecule is COC(=O)CN(Cc1ccccc1)C(=O)c1ccc(N)c(OC)c1. The fourth-order valence-electron chi connectivity index (χ4n) is 2.25. The monoisotopic (exact) mass is 328 g/mol. The Balaban J connectivity index is 2.28. The minimum Gasteiger partial charge on any atom is -0.495 e. The molecule has 24 heavy (non-hydrogen) atoms. The van der Waals surface area contributed by atoms with Gasteiger partial charge in [0.2, 0.25) is 0 Å². The highest BCUT2D eigenvalue weighted by Crippen LogP contribution is 2.23. The number of amides is 1. The summed E-state index contributed by atoms with van der Waals surface area (Å²) in [5.74, 6) is -0.372. The molecule has 0 fully saturated rings. The molecule has 2 aromatic rings. The summed E-state index contributed by atoms with van der Waals surface area (Å²) in [6.45, 7) is 0.151. The maximum Gasteiger partial charge on any atom is 0.325 e. The second-order valence-corrected chi connectivity index (χ2v) is 5.18. The quantitative estimate of drug-likeness (QED) is 0.648. The zero-order valence-corrected chi connectivity index (χ0v) is 13.7. The lowest BCUT2D eigenvalue weighted by Crippen LogP contribution is -2.35. The molecule has 0 atom stereocenters. The molecule has 0 aliphatic heterocycles. The second-order valence-electron chi connectivity index (χ2n) is 5.18. The number of nitrogen functional groups attached to an aromatic ring is 1. The van der Waals surface area contributed by atoms with E-state index in [0.717, 1.165) is 5.56 Å². The molecule has 0 radical (unpaired) electrons. The molecule has 126 valence electrons. The van der Waals surface area contributed by atoms with E-state index in [1.807, 2.05) is 30.3 Å². The molecule has 2 N–H and O–H groups in total. The van der Waals surface area contributed by atoms with E-state index in [1.165, 1.54) is 19.1 Å². The Kier molecular flexibility index (Phi) is 5.78. The molecule has 2 aromatic carbocycles. The highest BCUT2D eigenvalue weighted by atomic mass is 16.5.